The van der Waals surface area contributed by atoms with Gasteiger partial charge in [-0.05, 0) is 24.6 Å². The standard InChI is InChI=1S/C9H18N4S/c1-3-5-6-8(4-2)7-13-9(14)10-11-12-13/h8H,3-7H2,1-2H3,(H,10,12,14). The number of hydrogen-bond donors (Lipinski definition) is 1. The second-order valence-electron chi connectivity index (χ2n) is 3.61. The average Bonchev–Trinajstić information content (AvgIpc) is 2.59. The minimum atomic E-state index is 0.556. The minimum Gasteiger partial charge on any atom is -0.242 e. The number of aromatic amines is 1. The molecule has 1 atom stereocenters. The molecule has 0 spiro atoms. The topological polar surface area (TPSA) is 46.5 Å². The molecule has 0 saturated carbocycles. The molecule has 5 heteroatoms. The van der Waals surface area contributed by atoms with Crippen LogP contribution < -0.4 is 0 Å². The molecule has 1 N–H and O–H groups in total. The molecule has 0 aliphatic carbocycles. The van der Waals surface area contributed by atoms with Crippen molar-refractivity contribution >= 4 is 12.2 Å². The molecule has 0 aromatic carbocycles. The lowest BCUT2D eigenvalue weighted by Gasteiger charge is -2.13. The normalized spacial score (nSPS) is 13.0. The number of tetrazole rings is 1. The first-order chi connectivity index (χ1) is 6.77. The Bertz CT molecular complexity index is 304. The number of rotatable bonds is 6. The van der Waals surface area contributed by atoms with E-state index in [-0.39, 0.29) is 0 Å². The Balaban J connectivity index is 2.48. The predicted octanol–water partition coefficient (Wildman–Crippen LogP) is 2.55. The van der Waals surface area contributed by atoms with E-state index < -0.39 is 0 Å². The van der Waals surface area contributed by atoms with Crippen molar-refractivity contribution in [1.29, 1.82) is 0 Å². The van der Waals surface area contributed by atoms with Crippen LogP contribution in [0.2, 0.25) is 0 Å². The van der Waals surface area contributed by atoms with Crippen LogP contribution >= 0.6 is 12.2 Å². The molecule has 1 heterocycles. The highest BCUT2D eigenvalue weighted by Gasteiger charge is 2.07. The van der Waals surface area contributed by atoms with Gasteiger partial charge in [0.15, 0.2) is 0 Å². The quantitative estimate of drug-likeness (QED) is 0.740. The van der Waals surface area contributed by atoms with Crippen molar-refractivity contribution in [2.45, 2.75) is 46.1 Å². The molecule has 0 bridgehead atoms. The van der Waals surface area contributed by atoms with E-state index in [2.05, 4.69) is 29.4 Å². The molecule has 0 amide bonds. The minimum absolute atomic E-state index is 0.556. The molecule has 1 aromatic heterocycles. The van der Waals surface area contributed by atoms with Crippen molar-refractivity contribution in [2.24, 2.45) is 5.92 Å². The van der Waals surface area contributed by atoms with Crippen molar-refractivity contribution in [3.8, 4) is 0 Å². The van der Waals surface area contributed by atoms with Crippen LogP contribution in [0, 0.1) is 10.7 Å². The van der Waals surface area contributed by atoms with Crippen molar-refractivity contribution in [1.82, 2.24) is 20.2 Å². The number of hydrogen-bond acceptors (Lipinski definition) is 3. The third-order valence-electron chi connectivity index (χ3n) is 2.52. The molecule has 0 aliphatic rings. The fourth-order valence-electron chi connectivity index (χ4n) is 1.51. The first-order valence-electron chi connectivity index (χ1n) is 5.25. The third kappa shape index (κ3) is 3.21. The van der Waals surface area contributed by atoms with Gasteiger partial charge in [-0.1, -0.05) is 43.4 Å². The van der Waals surface area contributed by atoms with Gasteiger partial charge in [-0.25, -0.2) is 4.68 Å². The van der Waals surface area contributed by atoms with E-state index >= 15 is 0 Å². The van der Waals surface area contributed by atoms with Gasteiger partial charge >= 0.3 is 0 Å². The van der Waals surface area contributed by atoms with Crippen molar-refractivity contribution in [3.63, 3.8) is 0 Å². The zero-order chi connectivity index (χ0) is 10.4. The molecule has 0 radical (unpaired) electrons. The summed E-state index contributed by atoms with van der Waals surface area (Å²) in [6.07, 6.45) is 4.98. The zero-order valence-corrected chi connectivity index (χ0v) is 9.68. The van der Waals surface area contributed by atoms with Gasteiger partial charge in [0.25, 0.3) is 0 Å². The maximum atomic E-state index is 5.02. The summed E-state index contributed by atoms with van der Waals surface area (Å²) in [7, 11) is 0. The Morgan fingerprint density at radius 3 is 2.79 bits per heavy atom. The van der Waals surface area contributed by atoms with Gasteiger partial charge in [-0.2, -0.15) is 5.21 Å². The van der Waals surface area contributed by atoms with Crippen LogP contribution in [0.1, 0.15) is 39.5 Å². The van der Waals surface area contributed by atoms with Crippen LogP contribution in [0.15, 0.2) is 0 Å². The second-order valence-corrected chi connectivity index (χ2v) is 3.97. The Labute approximate surface area is 89.7 Å². The van der Waals surface area contributed by atoms with E-state index in [1.54, 1.807) is 0 Å². The molecule has 0 aliphatic heterocycles. The molecule has 0 saturated heterocycles. The molecule has 1 rings (SSSR count). The predicted molar refractivity (Wildman–Crippen MR) is 58.5 cm³/mol. The number of nitrogens with one attached hydrogen (secondary N) is 1. The molecular weight excluding hydrogens is 196 g/mol. The van der Waals surface area contributed by atoms with E-state index in [0.29, 0.717) is 10.7 Å². The Morgan fingerprint density at radius 1 is 1.50 bits per heavy atom. The van der Waals surface area contributed by atoms with E-state index in [1.165, 1.54) is 25.7 Å². The lowest BCUT2D eigenvalue weighted by atomic mass is 10.00. The maximum Gasteiger partial charge on any atom is 0.238 e. The van der Waals surface area contributed by atoms with Crippen molar-refractivity contribution in [2.75, 3.05) is 0 Å². The summed E-state index contributed by atoms with van der Waals surface area (Å²) in [5.41, 5.74) is 0. The molecule has 80 valence electrons. The largest absolute Gasteiger partial charge is 0.242 e. The van der Waals surface area contributed by atoms with Crippen molar-refractivity contribution < 1.29 is 0 Å². The summed E-state index contributed by atoms with van der Waals surface area (Å²) in [4.78, 5) is 0. The fraction of sp³-hybridized carbons (Fsp3) is 0.889. The highest BCUT2D eigenvalue weighted by atomic mass is 32.1. The third-order valence-corrected chi connectivity index (χ3v) is 2.82. The van der Waals surface area contributed by atoms with Gasteiger partial charge in [-0.3, -0.25) is 0 Å². The van der Waals surface area contributed by atoms with Crippen LogP contribution in [0.3, 0.4) is 0 Å². The summed E-state index contributed by atoms with van der Waals surface area (Å²) in [6.45, 7) is 5.35. The lowest BCUT2D eigenvalue weighted by molar-refractivity contribution is 0.365. The Kier molecular flexibility index (Phi) is 4.79. The number of aromatic nitrogens is 4. The summed E-state index contributed by atoms with van der Waals surface area (Å²) in [5.74, 6) is 0.684. The number of unbranched alkanes of at least 4 members (excludes halogenated alkanes) is 1. The fourth-order valence-corrected chi connectivity index (χ4v) is 1.67. The van der Waals surface area contributed by atoms with Crippen LogP contribution in [0.4, 0.5) is 0 Å². The van der Waals surface area contributed by atoms with E-state index in [1.807, 2.05) is 4.68 Å². The van der Waals surface area contributed by atoms with Crippen LogP contribution in [0.25, 0.3) is 0 Å². The SMILES string of the molecule is CCCCC(CC)Cn1[nH]nnc1=S. The highest BCUT2D eigenvalue weighted by molar-refractivity contribution is 7.71. The number of nitrogens with zero attached hydrogens (tertiary/aromatic N) is 3. The molecule has 0 fully saturated rings. The Hall–Kier alpha value is -0.710. The molecular formula is C9H18N4S. The van der Waals surface area contributed by atoms with Crippen LogP contribution in [-0.4, -0.2) is 20.2 Å². The van der Waals surface area contributed by atoms with Crippen LogP contribution in [-0.2, 0) is 6.54 Å². The second kappa shape index (κ2) is 5.90. The average molecular weight is 214 g/mol. The lowest BCUT2D eigenvalue weighted by Crippen LogP contribution is -2.11. The van der Waals surface area contributed by atoms with Crippen LogP contribution in [0.5, 0.6) is 0 Å². The van der Waals surface area contributed by atoms with Gasteiger partial charge in [0.1, 0.15) is 0 Å². The summed E-state index contributed by atoms with van der Waals surface area (Å²) in [6, 6.07) is 0. The van der Waals surface area contributed by atoms with E-state index in [4.69, 9.17) is 12.2 Å². The Morgan fingerprint density at radius 2 is 2.29 bits per heavy atom. The highest BCUT2D eigenvalue weighted by Crippen LogP contribution is 2.14. The van der Waals surface area contributed by atoms with Gasteiger partial charge in [-0.15, -0.1) is 0 Å². The molecule has 1 unspecified atom stereocenters. The van der Waals surface area contributed by atoms with Gasteiger partial charge in [0.2, 0.25) is 4.77 Å². The monoisotopic (exact) mass is 214 g/mol. The smallest absolute Gasteiger partial charge is 0.238 e. The summed E-state index contributed by atoms with van der Waals surface area (Å²) >= 11 is 5.02. The van der Waals surface area contributed by atoms with E-state index in [9.17, 15) is 0 Å². The van der Waals surface area contributed by atoms with Gasteiger partial charge in [0.05, 0.1) is 0 Å². The first-order valence-corrected chi connectivity index (χ1v) is 5.66. The molecule has 4 nitrogen and oxygen atoms in total. The van der Waals surface area contributed by atoms with Gasteiger partial charge in [0, 0.05) is 6.54 Å². The summed E-state index contributed by atoms with van der Waals surface area (Å²) in [5, 5.41) is 10.2. The zero-order valence-electron chi connectivity index (χ0n) is 8.86. The first kappa shape index (κ1) is 11.4. The van der Waals surface area contributed by atoms with Crippen molar-refractivity contribution in [3.05, 3.63) is 4.77 Å². The molecule has 14 heavy (non-hydrogen) atoms. The van der Waals surface area contributed by atoms with E-state index in [0.717, 1.165) is 6.54 Å². The molecule has 1 aromatic rings. The number of H-pyrrole nitrogens is 1. The van der Waals surface area contributed by atoms with Gasteiger partial charge < -0.3 is 0 Å². The maximum absolute atomic E-state index is 5.02. The summed E-state index contributed by atoms with van der Waals surface area (Å²) < 4.78 is 2.40.